The Morgan fingerprint density at radius 2 is 2.00 bits per heavy atom. The molecule has 1 aliphatic rings. The molecule has 1 heterocycles. The van der Waals surface area contributed by atoms with Crippen LogP contribution in [0.1, 0.15) is 34.3 Å². The number of hydrogen-bond donors (Lipinski definition) is 1. The zero-order chi connectivity index (χ0) is 15.7. The highest BCUT2D eigenvalue weighted by molar-refractivity contribution is 5.98. The van der Waals surface area contributed by atoms with Gasteiger partial charge in [0, 0.05) is 23.7 Å². The standard InChI is InChI=1S/C14H16N2O5/c1-8-6-9(2)12(16(20)21)7-10(8)13(17)15-5-3-4-11(15)14(18)19/h6-7,11H,3-5H2,1-2H3,(H,18,19). The lowest BCUT2D eigenvalue weighted by molar-refractivity contribution is -0.385. The van der Waals surface area contributed by atoms with Gasteiger partial charge in [0.2, 0.25) is 0 Å². The first kappa shape index (κ1) is 15.0. The van der Waals surface area contributed by atoms with Crippen LogP contribution < -0.4 is 0 Å². The third kappa shape index (κ3) is 2.72. The largest absolute Gasteiger partial charge is 0.480 e. The SMILES string of the molecule is Cc1cc(C)c([N+](=O)[O-])cc1C(=O)N1CCCC1C(=O)O. The Balaban J connectivity index is 2.41. The highest BCUT2D eigenvalue weighted by Gasteiger charge is 2.35. The minimum Gasteiger partial charge on any atom is -0.480 e. The van der Waals surface area contributed by atoms with Crippen LogP contribution in [0.3, 0.4) is 0 Å². The van der Waals surface area contributed by atoms with Crippen LogP contribution in [-0.2, 0) is 4.79 Å². The van der Waals surface area contributed by atoms with E-state index in [-0.39, 0.29) is 11.3 Å². The Morgan fingerprint density at radius 1 is 1.33 bits per heavy atom. The first-order valence-electron chi connectivity index (χ1n) is 6.62. The van der Waals surface area contributed by atoms with E-state index in [0.29, 0.717) is 30.5 Å². The molecule has 1 aliphatic heterocycles. The molecule has 1 unspecified atom stereocenters. The zero-order valence-electron chi connectivity index (χ0n) is 11.8. The fourth-order valence-corrected chi connectivity index (χ4v) is 2.69. The summed E-state index contributed by atoms with van der Waals surface area (Å²) in [5.41, 5.74) is 1.15. The summed E-state index contributed by atoms with van der Waals surface area (Å²) in [6.45, 7) is 3.65. The predicted molar refractivity (Wildman–Crippen MR) is 74.3 cm³/mol. The van der Waals surface area contributed by atoms with Crippen molar-refractivity contribution in [2.75, 3.05) is 6.54 Å². The quantitative estimate of drug-likeness (QED) is 0.677. The van der Waals surface area contributed by atoms with E-state index in [9.17, 15) is 19.7 Å². The van der Waals surface area contributed by atoms with Crippen LogP contribution >= 0.6 is 0 Å². The monoisotopic (exact) mass is 292 g/mol. The summed E-state index contributed by atoms with van der Waals surface area (Å²) in [4.78, 5) is 35.4. The third-order valence-corrected chi connectivity index (χ3v) is 3.77. The van der Waals surface area contributed by atoms with Crippen molar-refractivity contribution in [1.29, 1.82) is 0 Å². The Morgan fingerprint density at radius 3 is 2.57 bits per heavy atom. The molecule has 0 bridgehead atoms. The highest BCUT2D eigenvalue weighted by Crippen LogP contribution is 2.26. The predicted octanol–water partition coefficient (Wildman–Crippen LogP) is 1.90. The van der Waals surface area contributed by atoms with Crippen LogP contribution in [0, 0.1) is 24.0 Å². The number of carbonyl (C=O) groups excluding carboxylic acids is 1. The van der Waals surface area contributed by atoms with Gasteiger partial charge >= 0.3 is 5.97 Å². The Bertz CT molecular complexity index is 626. The molecule has 1 fully saturated rings. The van der Waals surface area contributed by atoms with Gasteiger partial charge in [-0.1, -0.05) is 0 Å². The van der Waals surface area contributed by atoms with Gasteiger partial charge in [0.15, 0.2) is 0 Å². The fraction of sp³-hybridized carbons (Fsp3) is 0.429. The second-order valence-corrected chi connectivity index (χ2v) is 5.21. The van der Waals surface area contributed by atoms with E-state index >= 15 is 0 Å². The molecule has 112 valence electrons. The molecule has 7 heteroatoms. The van der Waals surface area contributed by atoms with Crippen LogP contribution in [0.4, 0.5) is 5.69 Å². The first-order valence-corrected chi connectivity index (χ1v) is 6.62. The van der Waals surface area contributed by atoms with Crippen molar-refractivity contribution in [3.05, 3.63) is 38.9 Å². The van der Waals surface area contributed by atoms with E-state index in [2.05, 4.69) is 0 Å². The first-order chi connectivity index (χ1) is 9.82. The number of hydrogen-bond acceptors (Lipinski definition) is 4. The van der Waals surface area contributed by atoms with E-state index in [1.165, 1.54) is 11.0 Å². The fourth-order valence-electron chi connectivity index (χ4n) is 2.69. The highest BCUT2D eigenvalue weighted by atomic mass is 16.6. The molecular weight excluding hydrogens is 276 g/mol. The number of nitro benzene ring substituents is 1. The van der Waals surface area contributed by atoms with Crippen molar-refractivity contribution in [3.8, 4) is 0 Å². The van der Waals surface area contributed by atoms with E-state index in [4.69, 9.17) is 5.11 Å². The number of rotatable bonds is 3. The summed E-state index contributed by atoms with van der Waals surface area (Å²) in [5, 5.41) is 20.1. The van der Waals surface area contributed by atoms with Gasteiger partial charge in [-0.05, 0) is 38.3 Å². The van der Waals surface area contributed by atoms with Crippen molar-refractivity contribution < 1.29 is 19.6 Å². The lowest BCUT2D eigenvalue weighted by atomic mass is 10.0. The van der Waals surface area contributed by atoms with Crippen molar-refractivity contribution in [3.63, 3.8) is 0 Å². The number of likely N-dealkylation sites (tertiary alicyclic amines) is 1. The number of carboxylic acids is 1. The number of benzene rings is 1. The van der Waals surface area contributed by atoms with Gasteiger partial charge in [-0.2, -0.15) is 0 Å². The molecule has 21 heavy (non-hydrogen) atoms. The van der Waals surface area contributed by atoms with Crippen molar-refractivity contribution in [1.82, 2.24) is 4.90 Å². The summed E-state index contributed by atoms with van der Waals surface area (Å²) in [7, 11) is 0. The average Bonchev–Trinajstić information content (AvgIpc) is 2.86. The normalized spacial score (nSPS) is 17.8. The number of nitro groups is 1. The second-order valence-electron chi connectivity index (χ2n) is 5.21. The maximum absolute atomic E-state index is 12.5. The molecule has 0 aliphatic carbocycles. The van der Waals surface area contributed by atoms with E-state index in [1.807, 2.05) is 0 Å². The van der Waals surface area contributed by atoms with Gasteiger partial charge in [-0.3, -0.25) is 14.9 Å². The van der Waals surface area contributed by atoms with Gasteiger partial charge in [0.1, 0.15) is 6.04 Å². The average molecular weight is 292 g/mol. The molecule has 1 aromatic rings. The van der Waals surface area contributed by atoms with Crippen molar-refractivity contribution >= 4 is 17.6 Å². The van der Waals surface area contributed by atoms with Crippen LogP contribution in [0.2, 0.25) is 0 Å². The van der Waals surface area contributed by atoms with E-state index in [1.54, 1.807) is 19.9 Å². The van der Waals surface area contributed by atoms with Crippen LogP contribution in [0.15, 0.2) is 12.1 Å². The van der Waals surface area contributed by atoms with Gasteiger partial charge in [0.25, 0.3) is 11.6 Å². The third-order valence-electron chi connectivity index (χ3n) is 3.77. The minimum absolute atomic E-state index is 0.130. The molecule has 1 atom stereocenters. The summed E-state index contributed by atoms with van der Waals surface area (Å²) in [6, 6.07) is 1.97. The summed E-state index contributed by atoms with van der Waals surface area (Å²) >= 11 is 0. The molecule has 0 aromatic heterocycles. The Labute approximate surface area is 121 Å². The molecule has 1 saturated heterocycles. The molecule has 0 saturated carbocycles. The number of amides is 1. The smallest absolute Gasteiger partial charge is 0.326 e. The number of carbonyl (C=O) groups is 2. The van der Waals surface area contributed by atoms with Gasteiger partial charge < -0.3 is 10.0 Å². The number of nitrogens with zero attached hydrogens (tertiary/aromatic N) is 2. The molecule has 7 nitrogen and oxygen atoms in total. The van der Waals surface area contributed by atoms with Gasteiger partial charge in [-0.15, -0.1) is 0 Å². The second kappa shape index (κ2) is 5.51. The van der Waals surface area contributed by atoms with E-state index < -0.39 is 22.8 Å². The lowest BCUT2D eigenvalue weighted by Crippen LogP contribution is -2.40. The summed E-state index contributed by atoms with van der Waals surface area (Å²) in [6.07, 6.45) is 1.03. The molecule has 2 rings (SSSR count). The zero-order valence-corrected chi connectivity index (χ0v) is 11.8. The summed E-state index contributed by atoms with van der Waals surface area (Å²) in [5.74, 6) is -1.50. The number of carboxylic acid groups (broad SMARTS) is 1. The molecule has 1 aromatic carbocycles. The van der Waals surface area contributed by atoms with Gasteiger partial charge in [-0.25, -0.2) is 4.79 Å². The Hall–Kier alpha value is -2.44. The van der Waals surface area contributed by atoms with Crippen molar-refractivity contribution in [2.24, 2.45) is 0 Å². The topological polar surface area (TPSA) is 101 Å². The Kier molecular flexibility index (Phi) is 3.93. The summed E-state index contributed by atoms with van der Waals surface area (Å²) < 4.78 is 0. The molecule has 0 spiro atoms. The van der Waals surface area contributed by atoms with Crippen molar-refractivity contribution in [2.45, 2.75) is 32.7 Å². The van der Waals surface area contributed by atoms with Crippen LogP contribution in [0.25, 0.3) is 0 Å². The number of aliphatic carboxylic acids is 1. The molecular formula is C14H16N2O5. The molecule has 1 N–H and O–H groups in total. The van der Waals surface area contributed by atoms with Crippen LogP contribution in [-0.4, -0.2) is 39.4 Å². The minimum atomic E-state index is -1.04. The van der Waals surface area contributed by atoms with Gasteiger partial charge in [0.05, 0.1) is 4.92 Å². The maximum Gasteiger partial charge on any atom is 0.326 e. The number of aryl methyl sites for hydroxylation is 2. The lowest BCUT2D eigenvalue weighted by Gasteiger charge is -2.22. The van der Waals surface area contributed by atoms with E-state index in [0.717, 1.165) is 0 Å². The van der Waals surface area contributed by atoms with Crippen LogP contribution in [0.5, 0.6) is 0 Å². The maximum atomic E-state index is 12.5. The molecule has 1 amide bonds. The molecule has 0 radical (unpaired) electrons.